The average molecular weight is 178 g/mol. The van der Waals surface area contributed by atoms with Crippen LogP contribution in [0, 0.1) is 0 Å². The van der Waals surface area contributed by atoms with E-state index in [0.29, 0.717) is 12.2 Å². The maximum atomic E-state index is 10.9. The van der Waals surface area contributed by atoms with Crippen molar-refractivity contribution in [3.63, 3.8) is 0 Å². The predicted molar refractivity (Wildman–Crippen MR) is 43.3 cm³/mol. The molecule has 1 fully saturated rings. The van der Waals surface area contributed by atoms with Crippen LogP contribution in [0.3, 0.4) is 0 Å². The lowest BCUT2D eigenvalue weighted by molar-refractivity contribution is 0.0235. The van der Waals surface area contributed by atoms with Gasteiger partial charge < -0.3 is 4.74 Å². The summed E-state index contributed by atoms with van der Waals surface area (Å²) in [5.41, 5.74) is 0. The first-order valence-electron chi connectivity index (χ1n) is 3.85. The van der Waals surface area contributed by atoms with E-state index in [0.717, 1.165) is 0 Å². The molecule has 0 aromatic carbocycles. The normalized spacial score (nSPS) is 29.5. The van der Waals surface area contributed by atoms with E-state index in [2.05, 4.69) is 0 Å². The highest BCUT2D eigenvalue weighted by molar-refractivity contribution is 7.91. The first-order valence-corrected chi connectivity index (χ1v) is 5.67. The Morgan fingerprint density at radius 2 is 2.09 bits per heavy atom. The van der Waals surface area contributed by atoms with Gasteiger partial charge in [0.05, 0.1) is 23.7 Å². The molecule has 0 aromatic heterocycles. The van der Waals surface area contributed by atoms with Crippen molar-refractivity contribution in [3.8, 4) is 0 Å². The second-order valence-electron chi connectivity index (χ2n) is 3.21. The monoisotopic (exact) mass is 178 g/mol. The lowest BCUT2D eigenvalue weighted by Gasteiger charge is -2.12. The van der Waals surface area contributed by atoms with E-state index < -0.39 is 9.84 Å². The molecule has 0 spiro atoms. The second kappa shape index (κ2) is 3.11. The molecule has 1 heterocycles. The molecule has 1 saturated heterocycles. The van der Waals surface area contributed by atoms with Gasteiger partial charge in [-0.3, -0.25) is 0 Å². The number of ether oxygens (including phenoxy) is 1. The van der Waals surface area contributed by atoms with Crippen LogP contribution in [-0.2, 0) is 14.6 Å². The molecule has 11 heavy (non-hydrogen) atoms. The summed E-state index contributed by atoms with van der Waals surface area (Å²) in [6.45, 7) is 3.84. The highest BCUT2D eigenvalue weighted by Crippen LogP contribution is 2.15. The van der Waals surface area contributed by atoms with Crippen molar-refractivity contribution in [2.24, 2.45) is 0 Å². The Morgan fingerprint density at radius 1 is 1.45 bits per heavy atom. The van der Waals surface area contributed by atoms with Crippen molar-refractivity contribution in [3.05, 3.63) is 0 Å². The molecule has 4 heteroatoms. The molecule has 0 bridgehead atoms. The standard InChI is InChI=1S/C7H14O3S/c1-6(2)10-7-3-4-11(8,9)5-7/h6-7H,3-5H2,1-2H3. The zero-order valence-electron chi connectivity index (χ0n) is 6.91. The second-order valence-corrected chi connectivity index (χ2v) is 5.44. The van der Waals surface area contributed by atoms with Crippen LogP contribution < -0.4 is 0 Å². The van der Waals surface area contributed by atoms with Crippen molar-refractivity contribution in [1.82, 2.24) is 0 Å². The molecule has 1 aliphatic rings. The van der Waals surface area contributed by atoms with Crippen LogP contribution in [-0.4, -0.2) is 32.1 Å². The fourth-order valence-electron chi connectivity index (χ4n) is 1.25. The van der Waals surface area contributed by atoms with E-state index in [1.807, 2.05) is 13.8 Å². The van der Waals surface area contributed by atoms with Crippen LogP contribution in [0.25, 0.3) is 0 Å². The smallest absolute Gasteiger partial charge is 0.152 e. The minimum atomic E-state index is -2.77. The van der Waals surface area contributed by atoms with Crippen molar-refractivity contribution < 1.29 is 13.2 Å². The van der Waals surface area contributed by atoms with Crippen molar-refractivity contribution in [2.75, 3.05) is 11.5 Å². The Balaban J connectivity index is 2.43. The summed E-state index contributed by atoms with van der Waals surface area (Å²) in [6.07, 6.45) is 0.744. The first-order chi connectivity index (χ1) is 4.99. The zero-order valence-corrected chi connectivity index (χ0v) is 7.73. The molecule has 0 amide bonds. The van der Waals surface area contributed by atoms with Gasteiger partial charge in [-0.2, -0.15) is 0 Å². The van der Waals surface area contributed by atoms with Gasteiger partial charge in [0, 0.05) is 0 Å². The van der Waals surface area contributed by atoms with E-state index in [4.69, 9.17) is 4.74 Å². The Bertz CT molecular complexity index is 218. The summed E-state index contributed by atoms with van der Waals surface area (Å²) >= 11 is 0. The van der Waals surface area contributed by atoms with E-state index in [9.17, 15) is 8.42 Å². The van der Waals surface area contributed by atoms with Crippen LogP contribution >= 0.6 is 0 Å². The van der Waals surface area contributed by atoms with Crippen LogP contribution in [0.5, 0.6) is 0 Å². The third kappa shape index (κ3) is 2.79. The SMILES string of the molecule is CC(C)OC1CCS(=O)(=O)C1. The molecule has 1 aliphatic heterocycles. The van der Waals surface area contributed by atoms with Gasteiger partial charge in [-0.25, -0.2) is 8.42 Å². The number of rotatable bonds is 2. The minimum absolute atomic E-state index is 0.0556. The Labute approximate surface area is 67.7 Å². The molecule has 1 atom stereocenters. The summed E-state index contributed by atoms with van der Waals surface area (Å²) in [6, 6.07) is 0. The van der Waals surface area contributed by atoms with E-state index in [1.165, 1.54) is 0 Å². The van der Waals surface area contributed by atoms with Crippen LogP contribution in [0.15, 0.2) is 0 Å². The molecular formula is C7H14O3S. The Kier molecular flexibility index (Phi) is 2.54. The van der Waals surface area contributed by atoms with Crippen molar-refractivity contribution >= 4 is 9.84 Å². The minimum Gasteiger partial charge on any atom is -0.374 e. The highest BCUT2D eigenvalue weighted by Gasteiger charge is 2.28. The zero-order chi connectivity index (χ0) is 8.48. The first kappa shape index (κ1) is 9.00. The third-order valence-corrected chi connectivity index (χ3v) is 3.39. The summed E-state index contributed by atoms with van der Waals surface area (Å²) in [5.74, 6) is 0.509. The van der Waals surface area contributed by atoms with Crippen LogP contribution in [0.1, 0.15) is 20.3 Å². The fourth-order valence-corrected chi connectivity index (χ4v) is 2.85. The summed E-state index contributed by atoms with van der Waals surface area (Å²) in [5, 5.41) is 0. The molecule has 1 unspecified atom stereocenters. The van der Waals surface area contributed by atoms with E-state index in [-0.39, 0.29) is 18.0 Å². The molecule has 3 nitrogen and oxygen atoms in total. The average Bonchev–Trinajstić information content (AvgIpc) is 2.08. The molecule has 0 aliphatic carbocycles. The Morgan fingerprint density at radius 3 is 2.45 bits per heavy atom. The van der Waals surface area contributed by atoms with E-state index in [1.54, 1.807) is 0 Å². The molecule has 0 N–H and O–H groups in total. The summed E-state index contributed by atoms with van der Waals surface area (Å²) in [4.78, 5) is 0. The van der Waals surface area contributed by atoms with Crippen molar-refractivity contribution in [1.29, 1.82) is 0 Å². The van der Waals surface area contributed by atoms with Gasteiger partial charge in [-0.05, 0) is 20.3 Å². The molecular weight excluding hydrogens is 164 g/mol. The topological polar surface area (TPSA) is 43.4 Å². The van der Waals surface area contributed by atoms with Gasteiger partial charge in [0.15, 0.2) is 9.84 Å². The maximum absolute atomic E-state index is 10.9. The summed E-state index contributed by atoms with van der Waals surface area (Å²) < 4.78 is 27.3. The van der Waals surface area contributed by atoms with Crippen molar-refractivity contribution in [2.45, 2.75) is 32.5 Å². The molecule has 0 radical (unpaired) electrons. The lowest BCUT2D eigenvalue weighted by Crippen LogP contribution is -2.18. The quantitative estimate of drug-likeness (QED) is 0.622. The van der Waals surface area contributed by atoms with Crippen LogP contribution in [0.2, 0.25) is 0 Å². The highest BCUT2D eigenvalue weighted by atomic mass is 32.2. The molecule has 66 valence electrons. The maximum Gasteiger partial charge on any atom is 0.152 e. The largest absolute Gasteiger partial charge is 0.374 e. The molecule has 0 aromatic rings. The Hall–Kier alpha value is -0.0900. The number of hydrogen-bond donors (Lipinski definition) is 0. The van der Waals surface area contributed by atoms with Gasteiger partial charge in [-0.1, -0.05) is 0 Å². The number of hydrogen-bond acceptors (Lipinski definition) is 3. The number of sulfone groups is 1. The van der Waals surface area contributed by atoms with Gasteiger partial charge in [0.1, 0.15) is 0 Å². The van der Waals surface area contributed by atoms with Gasteiger partial charge in [-0.15, -0.1) is 0 Å². The van der Waals surface area contributed by atoms with Gasteiger partial charge in [0.25, 0.3) is 0 Å². The van der Waals surface area contributed by atoms with Gasteiger partial charge in [0.2, 0.25) is 0 Å². The van der Waals surface area contributed by atoms with E-state index >= 15 is 0 Å². The van der Waals surface area contributed by atoms with Crippen LogP contribution in [0.4, 0.5) is 0 Å². The lowest BCUT2D eigenvalue weighted by atomic mass is 10.3. The predicted octanol–water partition coefficient (Wildman–Crippen LogP) is 0.599. The fraction of sp³-hybridized carbons (Fsp3) is 1.00. The van der Waals surface area contributed by atoms with Gasteiger partial charge >= 0.3 is 0 Å². The summed E-state index contributed by atoms with van der Waals surface area (Å²) in [7, 11) is -2.77. The molecule has 0 saturated carbocycles. The third-order valence-electron chi connectivity index (χ3n) is 1.66. The molecule has 1 rings (SSSR count).